The van der Waals surface area contributed by atoms with Crippen molar-refractivity contribution in [3.05, 3.63) is 46.6 Å². The normalized spacial score (nSPS) is 10.4. The maximum absolute atomic E-state index is 11.6. The van der Waals surface area contributed by atoms with Crippen LogP contribution in [0.5, 0.6) is 0 Å². The molecule has 0 aliphatic carbocycles. The molecule has 6 heteroatoms. The van der Waals surface area contributed by atoms with Crippen molar-refractivity contribution in [2.45, 2.75) is 13.5 Å². The number of anilines is 1. The van der Waals surface area contributed by atoms with Crippen molar-refractivity contribution in [2.75, 3.05) is 12.3 Å². The molecule has 1 aromatic heterocycles. The zero-order chi connectivity index (χ0) is 13.8. The van der Waals surface area contributed by atoms with Crippen LogP contribution in [0.4, 0.5) is 5.82 Å². The molecular weight excluding hydrogens is 266 g/mol. The molecule has 0 unspecified atom stereocenters. The number of nitrogens with zero attached hydrogens (tertiary/aromatic N) is 2. The topological polar surface area (TPSA) is 70.1 Å². The van der Waals surface area contributed by atoms with Crippen LogP contribution in [0.3, 0.4) is 0 Å². The van der Waals surface area contributed by atoms with Gasteiger partial charge in [0.05, 0.1) is 19.3 Å². The van der Waals surface area contributed by atoms with Crippen molar-refractivity contribution in [2.24, 2.45) is 0 Å². The summed E-state index contributed by atoms with van der Waals surface area (Å²) in [7, 11) is 0. The van der Waals surface area contributed by atoms with Crippen LogP contribution in [0.2, 0.25) is 5.02 Å². The third-order valence-corrected chi connectivity index (χ3v) is 2.83. The fourth-order valence-corrected chi connectivity index (χ4v) is 1.91. The molecule has 0 saturated carbocycles. The van der Waals surface area contributed by atoms with Gasteiger partial charge < -0.3 is 10.5 Å². The largest absolute Gasteiger partial charge is 0.462 e. The number of halogens is 1. The zero-order valence-corrected chi connectivity index (χ0v) is 11.2. The Morgan fingerprint density at radius 3 is 3.00 bits per heavy atom. The molecule has 1 aromatic carbocycles. The van der Waals surface area contributed by atoms with Crippen molar-refractivity contribution < 1.29 is 9.53 Å². The average Bonchev–Trinajstić information content (AvgIpc) is 2.71. The van der Waals surface area contributed by atoms with Gasteiger partial charge in [0.1, 0.15) is 11.4 Å². The number of aromatic nitrogens is 2. The number of carbonyl (C=O) groups excluding carboxylic acids is 1. The number of carbonyl (C=O) groups is 1. The third kappa shape index (κ3) is 3.06. The Hall–Kier alpha value is -2.01. The second-order valence-corrected chi connectivity index (χ2v) is 4.39. The van der Waals surface area contributed by atoms with Crippen molar-refractivity contribution in [1.82, 2.24) is 9.78 Å². The molecule has 0 radical (unpaired) electrons. The van der Waals surface area contributed by atoms with E-state index in [-0.39, 0.29) is 5.56 Å². The summed E-state index contributed by atoms with van der Waals surface area (Å²) in [5, 5.41) is 4.74. The molecule has 0 bridgehead atoms. The Balaban J connectivity index is 2.20. The van der Waals surface area contributed by atoms with Gasteiger partial charge in [0, 0.05) is 5.02 Å². The summed E-state index contributed by atoms with van der Waals surface area (Å²) >= 11 is 5.91. The van der Waals surface area contributed by atoms with Crippen molar-refractivity contribution in [1.29, 1.82) is 0 Å². The van der Waals surface area contributed by atoms with E-state index in [1.807, 2.05) is 18.2 Å². The summed E-state index contributed by atoms with van der Waals surface area (Å²) in [6, 6.07) is 7.38. The van der Waals surface area contributed by atoms with Crippen LogP contribution in [0.15, 0.2) is 30.5 Å². The van der Waals surface area contributed by atoms with E-state index in [0.717, 1.165) is 5.56 Å². The highest BCUT2D eigenvalue weighted by Gasteiger charge is 2.16. The first-order chi connectivity index (χ1) is 9.11. The van der Waals surface area contributed by atoms with Crippen LogP contribution in [0.1, 0.15) is 22.8 Å². The lowest BCUT2D eigenvalue weighted by atomic mass is 10.2. The molecule has 0 aliphatic heterocycles. The fraction of sp³-hybridized carbons (Fsp3) is 0.231. The van der Waals surface area contributed by atoms with Gasteiger partial charge in [-0.15, -0.1) is 0 Å². The first kappa shape index (κ1) is 13.4. The standard InChI is InChI=1S/C13H14ClN3O2/c1-2-19-13(18)11-7-16-17(12(11)15)8-9-4-3-5-10(14)6-9/h3-7H,2,8,15H2,1H3. The molecule has 2 N–H and O–H groups in total. The number of rotatable bonds is 4. The summed E-state index contributed by atoms with van der Waals surface area (Å²) in [5.41, 5.74) is 7.12. The molecule has 0 amide bonds. The smallest absolute Gasteiger partial charge is 0.343 e. The molecule has 19 heavy (non-hydrogen) atoms. The van der Waals surface area contributed by atoms with Crippen molar-refractivity contribution >= 4 is 23.4 Å². The number of ether oxygens (including phenoxy) is 1. The Morgan fingerprint density at radius 2 is 2.32 bits per heavy atom. The summed E-state index contributed by atoms with van der Waals surface area (Å²) in [6.45, 7) is 2.49. The minimum absolute atomic E-state index is 0.281. The van der Waals surface area contributed by atoms with Crippen LogP contribution in [-0.4, -0.2) is 22.4 Å². The zero-order valence-electron chi connectivity index (χ0n) is 10.5. The number of hydrogen-bond donors (Lipinski definition) is 1. The average molecular weight is 280 g/mol. The molecule has 0 atom stereocenters. The molecule has 100 valence electrons. The Morgan fingerprint density at radius 1 is 1.53 bits per heavy atom. The van der Waals surface area contributed by atoms with Crippen LogP contribution in [0.25, 0.3) is 0 Å². The predicted octanol–water partition coefficient (Wildman–Crippen LogP) is 2.34. The Kier molecular flexibility index (Phi) is 4.06. The molecule has 0 fully saturated rings. The third-order valence-electron chi connectivity index (χ3n) is 2.60. The summed E-state index contributed by atoms with van der Waals surface area (Å²) in [4.78, 5) is 11.6. The summed E-state index contributed by atoms with van der Waals surface area (Å²) in [5.74, 6) is -0.171. The van der Waals surface area contributed by atoms with Crippen LogP contribution in [0, 0.1) is 0 Å². The van der Waals surface area contributed by atoms with Crippen LogP contribution in [-0.2, 0) is 11.3 Å². The highest BCUT2D eigenvalue weighted by Crippen LogP contribution is 2.16. The van der Waals surface area contributed by atoms with Gasteiger partial charge in [0.15, 0.2) is 0 Å². The van der Waals surface area contributed by atoms with Gasteiger partial charge in [-0.1, -0.05) is 23.7 Å². The van der Waals surface area contributed by atoms with Gasteiger partial charge in [0.25, 0.3) is 0 Å². The Bertz CT molecular complexity index is 595. The molecule has 0 spiro atoms. The lowest BCUT2D eigenvalue weighted by molar-refractivity contribution is 0.0527. The van der Waals surface area contributed by atoms with E-state index in [2.05, 4.69) is 5.10 Å². The van der Waals surface area contributed by atoms with E-state index in [4.69, 9.17) is 22.1 Å². The van der Waals surface area contributed by atoms with Crippen molar-refractivity contribution in [3.63, 3.8) is 0 Å². The molecule has 2 rings (SSSR count). The van der Waals surface area contributed by atoms with Gasteiger partial charge >= 0.3 is 5.97 Å². The maximum atomic E-state index is 11.6. The fourth-order valence-electron chi connectivity index (χ4n) is 1.70. The predicted molar refractivity (Wildman–Crippen MR) is 73.1 cm³/mol. The monoisotopic (exact) mass is 279 g/mol. The molecule has 1 heterocycles. The highest BCUT2D eigenvalue weighted by atomic mass is 35.5. The van der Waals surface area contributed by atoms with Gasteiger partial charge in [-0.05, 0) is 24.6 Å². The van der Waals surface area contributed by atoms with E-state index >= 15 is 0 Å². The maximum Gasteiger partial charge on any atom is 0.343 e. The number of hydrogen-bond acceptors (Lipinski definition) is 4. The van der Waals surface area contributed by atoms with Gasteiger partial charge in [0.2, 0.25) is 0 Å². The van der Waals surface area contributed by atoms with Crippen LogP contribution >= 0.6 is 11.6 Å². The Labute approximate surface area is 115 Å². The minimum atomic E-state index is -0.461. The quantitative estimate of drug-likeness (QED) is 0.872. The second-order valence-electron chi connectivity index (χ2n) is 3.95. The van der Waals surface area contributed by atoms with Crippen molar-refractivity contribution in [3.8, 4) is 0 Å². The van der Waals surface area contributed by atoms with Crippen LogP contribution < -0.4 is 5.73 Å². The number of nitrogens with two attached hydrogens (primary N) is 1. The van der Waals surface area contributed by atoms with Gasteiger partial charge in [-0.2, -0.15) is 5.10 Å². The summed E-state index contributed by atoms with van der Waals surface area (Å²) in [6.07, 6.45) is 1.41. The van der Waals surface area contributed by atoms with E-state index < -0.39 is 5.97 Å². The number of esters is 1. The van der Waals surface area contributed by atoms with E-state index in [9.17, 15) is 4.79 Å². The van der Waals surface area contributed by atoms with Gasteiger partial charge in [-0.25, -0.2) is 9.48 Å². The molecule has 0 saturated heterocycles. The van der Waals surface area contributed by atoms with E-state index in [1.54, 1.807) is 13.0 Å². The second kappa shape index (κ2) is 5.75. The summed E-state index contributed by atoms with van der Waals surface area (Å²) < 4.78 is 6.44. The number of nitrogen functional groups attached to an aromatic ring is 1. The molecular formula is C13H14ClN3O2. The van der Waals surface area contributed by atoms with Gasteiger partial charge in [-0.3, -0.25) is 0 Å². The molecule has 2 aromatic rings. The molecule has 5 nitrogen and oxygen atoms in total. The highest BCUT2D eigenvalue weighted by molar-refractivity contribution is 6.30. The minimum Gasteiger partial charge on any atom is -0.462 e. The molecule has 0 aliphatic rings. The van der Waals surface area contributed by atoms with E-state index in [0.29, 0.717) is 24.0 Å². The SMILES string of the molecule is CCOC(=O)c1cnn(Cc2cccc(Cl)c2)c1N. The first-order valence-corrected chi connectivity index (χ1v) is 6.22. The number of benzene rings is 1. The first-order valence-electron chi connectivity index (χ1n) is 5.84. The lowest BCUT2D eigenvalue weighted by Crippen LogP contribution is -2.10. The lowest BCUT2D eigenvalue weighted by Gasteiger charge is -2.05. The van der Waals surface area contributed by atoms with E-state index in [1.165, 1.54) is 10.9 Å².